The van der Waals surface area contributed by atoms with Crippen molar-refractivity contribution in [1.82, 2.24) is 0 Å². The molecule has 2 aromatic carbocycles. The van der Waals surface area contributed by atoms with E-state index in [1.165, 1.54) is 4.90 Å². The molecule has 2 nitrogen and oxygen atoms in total. The van der Waals surface area contributed by atoms with Gasteiger partial charge in [-0.2, -0.15) is 0 Å². The number of benzene rings is 2. The highest BCUT2D eigenvalue weighted by atomic mass is 32.2. The molecule has 0 radical (unpaired) electrons. The van der Waals surface area contributed by atoms with Gasteiger partial charge in [0.2, 0.25) is 0 Å². The molecule has 0 fully saturated rings. The standard InChI is InChI=1S/C16H19NOS2/c17-15(11-19-13-7-3-1-4-8-13)16(18)12-20-14-9-5-2-6-10-14/h1-10,15-16,18H,11-12,17H2/t15-,16?/m0/s1. The first-order chi connectivity index (χ1) is 9.75. The summed E-state index contributed by atoms with van der Waals surface area (Å²) in [6, 6.07) is 20.0. The van der Waals surface area contributed by atoms with Crippen LogP contribution in [0.3, 0.4) is 0 Å². The lowest BCUT2D eigenvalue weighted by Gasteiger charge is -2.18. The van der Waals surface area contributed by atoms with Gasteiger partial charge in [-0.05, 0) is 24.3 Å². The molecule has 0 aromatic heterocycles. The van der Waals surface area contributed by atoms with E-state index in [-0.39, 0.29) is 6.04 Å². The normalized spacial score (nSPS) is 13.9. The van der Waals surface area contributed by atoms with Gasteiger partial charge in [-0.1, -0.05) is 36.4 Å². The third-order valence-electron chi connectivity index (χ3n) is 2.84. The number of nitrogens with two attached hydrogens (primary N) is 1. The first-order valence-corrected chi connectivity index (χ1v) is 8.52. The molecule has 106 valence electrons. The molecule has 2 atom stereocenters. The molecule has 1 unspecified atom stereocenters. The Balaban J connectivity index is 1.73. The van der Waals surface area contributed by atoms with Gasteiger partial charge >= 0.3 is 0 Å². The average molecular weight is 305 g/mol. The van der Waals surface area contributed by atoms with Gasteiger partial charge in [0.15, 0.2) is 0 Å². The van der Waals surface area contributed by atoms with Crippen LogP contribution in [0.4, 0.5) is 0 Å². The SMILES string of the molecule is N[C@@H](CSc1ccccc1)C(O)CSc1ccccc1. The number of rotatable bonds is 7. The Bertz CT molecular complexity index is 445. The van der Waals surface area contributed by atoms with Crippen LogP contribution in [0.2, 0.25) is 0 Å². The maximum atomic E-state index is 10.1. The van der Waals surface area contributed by atoms with Crippen molar-refractivity contribution in [3.05, 3.63) is 60.7 Å². The summed E-state index contributed by atoms with van der Waals surface area (Å²) in [6.45, 7) is 0. The van der Waals surface area contributed by atoms with Crippen molar-refractivity contribution in [2.75, 3.05) is 11.5 Å². The quantitative estimate of drug-likeness (QED) is 0.771. The van der Waals surface area contributed by atoms with Gasteiger partial charge in [0, 0.05) is 27.3 Å². The Morgan fingerprint density at radius 3 is 1.75 bits per heavy atom. The number of aliphatic hydroxyl groups is 1. The molecule has 0 spiro atoms. The molecule has 0 aliphatic carbocycles. The van der Waals surface area contributed by atoms with E-state index in [1.54, 1.807) is 23.5 Å². The molecule has 0 saturated heterocycles. The highest BCUT2D eigenvalue weighted by Gasteiger charge is 2.15. The van der Waals surface area contributed by atoms with E-state index >= 15 is 0 Å². The first kappa shape index (κ1) is 15.4. The molecule has 0 aliphatic heterocycles. The van der Waals surface area contributed by atoms with E-state index in [1.807, 2.05) is 48.5 Å². The van der Waals surface area contributed by atoms with Gasteiger partial charge < -0.3 is 10.8 Å². The van der Waals surface area contributed by atoms with Crippen LogP contribution in [0, 0.1) is 0 Å². The van der Waals surface area contributed by atoms with Crippen molar-refractivity contribution in [2.24, 2.45) is 5.73 Å². The lowest BCUT2D eigenvalue weighted by molar-refractivity contribution is 0.177. The lowest BCUT2D eigenvalue weighted by Crippen LogP contribution is -2.38. The molecule has 20 heavy (non-hydrogen) atoms. The predicted molar refractivity (Wildman–Crippen MR) is 88.3 cm³/mol. The number of aliphatic hydroxyl groups excluding tert-OH is 1. The van der Waals surface area contributed by atoms with Crippen LogP contribution in [-0.4, -0.2) is 28.8 Å². The third-order valence-corrected chi connectivity index (χ3v) is 5.11. The number of hydrogen-bond acceptors (Lipinski definition) is 4. The third kappa shape index (κ3) is 5.21. The Morgan fingerprint density at radius 2 is 1.25 bits per heavy atom. The molecule has 0 heterocycles. The average Bonchev–Trinajstić information content (AvgIpc) is 2.52. The highest BCUT2D eigenvalue weighted by molar-refractivity contribution is 7.99. The summed E-state index contributed by atoms with van der Waals surface area (Å²) in [4.78, 5) is 2.35. The summed E-state index contributed by atoms with van der Waals surface area (Å²) in [5.41, 5.74) is 6.05. The van der Waals surface area contributed by atoms with Crippen LogP contribution in [-0.2, 0) is 0 Å². The van der Waals surface area contributed by atoms with Crippen molar-refractivity contribution in [1.29, 1.82) is 0 Å². The largest absolute Gasteiger partial charge is 0.391 e. The van der Waals surface area contributed by atoms with Crippen LogP contribution in [0.5, 0.6) is 0 Å². The minimum absolute atomic E-state index is 0.212. The van der Waals surface area contributed by atoms with Crippen LogP contribution in [0.25, 0.3) is 0 Å². The second-order valence-corrected chi connectivity index (χ2v) is 6.67. The lowest BCUT2D eigenvalue weighted by atomic mass is 10.2. The molecular weight excluding hydrogens is 286 g/mol. The molecule has 0 aliphatic rings. The van der Waals surface area contributed by atoms with Crippen molar-refractivity contribution < 1.29 is 5.11 Å². The van der Waals surface area contributed by atoms with Gasteiger partial charge in [-0.25, -0.2) is 0 Å². The van der Waals surface area contributed by atoms with Crippen molar-refractivity contribution in [3.8, 4) is 0 Å². The van der Waals surface area contributed by atoms with Crippen LogP contribution >= 0.6 is 23.5 Å². The van der Waals surface area contributed by atoms with E-state index in [9.17, 15) is 5.11 Å². The smallest absolute Gasteiger partial charge is 0.0792 e. The summed E-state index contributed by atoms with van der Waals surface area (Å²) in [6.07, 6.45) is -0.489. The summed E-state index contributed by atoms with van der Waals surface area (Å²) in [5, 5.41) is 10.1. The van der Waals surface area contributed by atoms with Crippen LogP contribution in [0.15, 0.2) is 70.5 Å². The van der Waals surface area contributed by atoms with Crippen molar-refractivity contribution >= 4 is 23.5 Å². The summed E-state index contributed by atoms with van der Waals surface area (Å²) in [7, 11) is 0. The van der Waals surface area contributed by atoms with Crippen LogP contribution in [0.1, 0.15) is 0 Å². The zero-order valence-corrected chi connectivity index (χ0v) is 12.8. The van der Waals surface area contributed by atoms with E-state index in [0.717, 1.165) is 10.6 Å². The topological polar surface area (TPSA) is 46.2 Å². The number of hydrogen-bond donors (Lipinski definition) is 2. The molecular formula is C16H19NOS2. The molecule has 4 heteroatoms. The Kier molecular flexibility index (Phi) is 6.47. The zero-order valence-electron chi connectivity index (χ0n) is 11.2. The fourth-order valence-corrected chi connectivity index (χ4v) is 3.56. The molecule has 0 bridgehead atoms. The van der Waals surface area contributed by atoms with E-state index < -0.39 is 6.10 Å². The monoisotopic (exact) mass is 305 g/mol. The van der Waals surface area contributed by atoms with Gasteiger partial charge in [-0.15, -0.1) is 23.5 Å². The van der Waals surface area contributed by atoms with Crippen molar-refractivity contribution in [2.45, 2.75) is 21.9 Å². The molecule has 2 aromatic rings. The molecule has 0 saturated carbocycles. The molecule has 2 rings (SSSR count). The first-order valence-electron chi connectivity index (χ1n) is 6.55. The van der Waals surface area contributed by atoms with E-state index in [4.69, 9.17) is 5.73 Å². The van der Waals surface area contributed by atoms with Crippen LogP contribution < -0.4 is 5.73 Å². The molecule has 3 N–H and O–H groups in total. The predicted octanol–water partition coefficient (Wildman–Crippen LogP) is 3.26. The second kappa shape index (κ2) is 8.37. The summed E-state index contributed by atoms with van der Waals surface area (Å²) < 4.78 is 0. The van der Waals surface area contributed by atoms with Crippen molar-refractivity contribution in [3.63, 3.8) is 0 Å². The fraction of sp³-hybridized carbons (Fsp3) is 0.250. The van der Waals surface area contributed by atoms with E-state index in [0.29, 0.717) is 5.75 Å². The Labute approximate surface area is 128 Å². The van der Waals surface area contributed by atoms with Gasteiger partial charge in [0.05, 0.1) is 6.10 Å². The van der Waals surface area contributed by atoms with Gasteiger partial charge in [-0.3, -0.25) is 0 Å². The van der Waals surface area contributed by atoms with Gasteiger partial charge in [0.25, 0.3) is 0 Å². The Morgan fingerprint density at radius 1 is 0.800 bits per heavy atom. The summed E-state index contributed by atoms with van der Waals surface area (Å²) >= 11 is 3.32. The minimum Gasteiger partial charge on any atom is -0.391 e. The molecule has 0 amide bonds. The number of thioether (sulfide) groups is 2. The second-order valence-electron chi connectivity index (χ2n) is 4.48. The van der Waals surface area contributed by atoms with E-state index in [2.05, 4.69) is 12.1 Å². The summed E-state index contributed by atoms with van der Waals surface area (Å²) in [5.74, 6) is 1.35. The fourth-order valence-electron chi connectivity index (χ4n) is 1.64. The maximum Gasteiger partial charge on any atom is 0.0792 e. The Hall–Kier alpha value is -0.940. The zero-order chi connectivity index (χ0) is 14.2. The van der Waals surface area contributed by atoms with Gasteiger partial charge in [0.1, 0.15) is 0 Å². The maximum absolute atomic E-state index is 10.1. The minimum atomic E-state index is -0.489. The highest BCUT2D eigenvalue weighted by Crippen LogP contribution is 2.21.